The Kier molecular flexibility index (Phi) is 8.86. The molecule has 0 aromatic heterocycles. The number of hydrogen-bond acceptors (Lipinski definition) is 8. The third-order valence-electron chi connectivity index (χ3n) is 7.28. The van der Waals surface area contributed by atoms with Crippen molar-refractivity contribution in [1.82, 2.24) is 25.8 Å². The summed E-state index contributed by atoms with van der Waals surface area (Å²) >= 11 is 0. The Morgan fingerprint density at radius 2 is 1.81 bits per heavy atom. The van der Waals surface area contributed by atoms with Crippen molar-refractivity contribution >= 4 is 29.7 Å². The molecule has 222 valence electrons. The molecule has 42 heavy (non-hydrogen) atoms. The number of rotatable bonds is 9. The highest BCUT2D eigenvalue weighted by Crippen LogP contribution is 2.25. The SMILES string of the molecule is COc1cccc(CC(=O)NN2CCC(=O)N3CCC[C@@H](C(=O)N[C@H]4CC(=O)OC4OCc4ccccc4)N3C2=O)c1. The van der Waals surface area contributed by atoms with Crippen LogP contribution in [0.1, 0.15) is 36.8 Å². The van der Waals surface area contributed by atoms with Crippen LogP contribution in [-0.4, -0.2) is 83.3 Å². The second kappa shape index (κ2) is 12.9. The maximum absolute atomic E-state index is 13.7. The number of hydrazine groups is 2. The lowest BCUT2D eigenvalue weighted by molar-refractivity contribution is -0.169. The summed E-state index contributed by atoms with van der Waals surface area (Å²) < 4.78 is 16.3. The van der Waals surface area contributed by atoms with Crippen LogP contribution < -0.4 is 15.5 Å². The molecule has 1 unspecified atom stereocenters. The molecule has 0 radical (unpaired) electrons. The van der Waals surface area contributed by atoms with Crippen LogP contribution in [0.25, 0.3) is 0 Å². The molecule has 5 rings (SSSR count). The monoisotopic (exact) mass is 579 g/mol. The minimum Gasteiger partial charge on any atom is -0.497 e. The number of carbonyl (C=O) groups excluding carboxylic acids is 5. The summed E-state index contributed by atoms with van der Waals surface area (Å²) in [6.07, 6.45) is -0.386. The number of cyclic esters (lactones) is 1. The van der Waals surface area contributed by atoms with E-state index in [1.165, 1.54) is 12.1 Å². The molecule has 3 aliphatic heterocycles. The van der Waals surface area contributed by atoms with Gasteiger partial charge in [0, 0.05) is 13.0 Å². The van der Waals surface area contributed by atoms with Gasteiger partial charge in [-0.15, -0.1) is 0 Å². The van der Waals surface area contributed by atoms with E-state index in [4.69, 9.17) is 14.2 Å². The predicted molar refractivity (Wildman–Crippen MR) is 146 cm³/mol. The second-order valence-electron chi connectivity index (χ2n) is 10.2. The van der Waals surface area contributed by atoms with Gasteiger partial charge in [0.05, 0.1) is 33.1 Å². The summed E-state index contributed by atoms with van der Waals surface area (Å²) in [5.74, 6) is -1.28. The van der Waals surface area contributed by atoms with Crippen LogP contribution in [0.2, 0.25) is 0 Å². The van der Waals surface area contributed by atoms with Gasteiger partial charge in [-0.1, -0.05) is 42.5 Å². The molecule has 13 nitrogen and oxygen atoms in total. The first kappa shape index (κ1) is 28.9. The second-order valence-corrected chi connectivity index (χ2v) is 10.2. The van der Waals surface area contributed by atoms with E-state index >= 15 is 0 Å². The fourth-order valence-electron chi connectivity index (χ4n) is 5.21. The summed E-state index contributed by atoms with van der Waals surface area (Å²) in [6.45, 7) is 0.378. The van der Waals surface area contributed by atoms with Crippen molar-refractivity contribution in [2.24, 2.45) is 0 Å². The van der Waals surface area contributed by atoms with Crippen molar-refractivity contribution in [3.63, 3.8) is 0 Å². The lowest BCUT2D eigenvalue weighted by atomic mass is 10.1. The number of benzene rings is 2. The van der Waals surface area contributed by atoms with Crippen LogP contribution in [0.4, 0.5) is 4.79 Å². The molecular formula is C29H33N5O8. The van der Waals surface area contributed by atoms with E-state index in [0.29, 0.717) is 17.7 Å². The molecule has 13 heteroatoms. The largest absolute Gasteiger partial charge is 0.497 e. The molecular weight excluding hydrogens is 546 g/mol. The zero-order valence-electron chi connectivity index (χ0n) is 23.2. The summed E-state index contributed by atoms with van der Waals surface area (Å²) in [7, 11) is 1.53. The Bertz CT molecular complexity index is 1340. The molecule has 0 bridgehead atoms. The van der Waals surface area contributed by atoms with Crippen molar-refractivity contribution in [3.8, 4) is 5.75 Å². The number of urea groups is 1. The van der Waals surface area contributed by atoms with Gasteiger partial charge >= 0.3 is 12.0 Å². The molecule has 0 spiro atoms. The molecule has 0 aliphatic carbocycles. The Morgan fingerprint density at radius 3 is 2.60 bits per heavy atom. The van der Waals surface area contributed by atoms with Crippen LogP contribution in [0.5, 0.6) is 5.75 Å². The number of amides is 5. The van der Waals surface area contributed by atoms with Gasteiger partial charge in [0.25, 0.3) is 0 Å². The molecule has 3 fully saturated rings. The van der Waals surface area contributed by atoms with Crippen LogP contribution in [0, 0.1) is 0 Å². The summed E-state index contributed by atoms with van der Waals surface area (Å²) in [5, 5.41) is 6.24. The number of nitrogens with one attached hydrogen (secondary N) is 2. The molecule has 2 aromatic rings. The third-order valence-corrected chi connectivity index (χ3v) is 7.28. The summed E-state index contributed by atoms with van der Waals surface area (Å²) in [4.78, 5) is 65.1. The lowest BCUT2D eigenvalue weighted by Crippen LogP contribution is -2.65. The van der Waals surface area contributed by atoms with Crippen molar-refractivity contribution in [2.45, 2.75) is 57.1 Å². The van der Waals surface area contributed by atoms with E-state index in [0.717, 1.165) is 15.6 Å². The van der Waals surface area contributed by atoms with Crippen LogP contribution in [-0.2, 0) is 41.7 Å². The van der Waals surface area contributed by atoms with Crippen molar-refractivity contribution in [1.29, 1.82) is 0 Å². The fourth-order valence-corrected chi connectivity index (χ4v) is 5.21. The average Bonchev–Trinajstić information content (AvgIpc) is 3.30. The van der Waals surface area contributed by atoms with Gasteiger partial charge in [0.1, 0.15) is 17.8 Å². The fraction of sp³-hybridized carbons (Fsp3) is 0.414. The highest BCUT2D eigenvalue weighted by molar-refractivity contribution is 5.92. The van der Waals surface area contributed by atoms with Gasteiger partial charge in [-0.2, -0.15) is 0 Å². The maximum Gasteiger partial charge on any atom is 0.358 e. The van der Waals surface area contributed by atoms with Crippen LogP contribution in [0.3, 0.4) is 0 Å². The normalized spacial score (nSPS) is 22.3. The van der Waals surface area contributed by atoms with Crippen LogP contribution >= 0.6 is 0 Å². The number of hydrogen-bond donors (Lipinski definition) is 2. The Balaban J connectivity index is 1.26. The van der Waals surface area contributed by atoms with Gasteiger partial charge in [0.15, 0.2) is 0 Å². The molecule has 3 atom stereocenters. The number of nitrogens with zero attached hydrogens (tertiary/aromatic N) is 3. The number of ether oxygens (including phenoxy) is 3. The minimum absolute atomic E-state index is 0.0252. The van der Waals surface area contributed by atoms with E-state index in [2.05, 4.69) is 10.7 Å². The number of carbonyl (C=O) groups is 5. The van der Waals surface area contributed by atoms with Gasteiger partial charge in [0.2, 0.25) is 24.0 Å². The molecule has 3 aliphatic rings. The summed E-state index contributed by atoms with van der Waals surface area (Å²) in [5.41, 5.74) is 4.14. The highest BCUT2D eigenvalue weighted by Gasteiger charge is 2.46. The van der Waals surface area contributed by atoms with Gasteiger partial charge in [-0.3, -0.25) is 24.6 Å². The number of methoxy groups -OCH3 is 1. The Hall–Kier alpha value is -4.65. The molecule has 0 saturated carbocycles. The minimum atomic E-state index is -1.04. The van der Waals surface area contributed by atoms with Gasteiger partial charge in [-0.05, 0) is 36.1 Å². The van der Waals surface area contributed by atoms with Gasteiger partial charge < -0.3 is 19.5 Å². The summed E-state index contributed by atoms with van der Waals surface area (Å²) in [6, 6.07) is 13.8. The van der Waals surface area contributed by atoms with E-state index in [1.807, 2.05) is 30.3 Å². The van der Waals surface area contributed by atoms with Crippen LogP contribution in [0.15, 0.2) is 54.6 Å². The van der Waals surface area contributed by atoms with Gasteiger partial charge in [-0.25, -0.2) is 19.8 Å². The van der Waals surface area contributed by atoms with E-state index in [-0.39, 0.29) is 51.3 Å². The highest BCUT2D eigenvalue weighted by atomic mass is 16.7. The number of fused-ring (bicyclic) bond motifs is 1. The van der Waals surface area contributed by atoms with Crippen molar-refractivity contribution in [2.75, 3.05) is 20.2 Å². The smallest absolute Gasteiger partial charge is 0.358 e. The van der Waals surface area contributed by atoms with E-state index in [9.17, 15) is 24.0 Å². The maximum atomic E-state index is 13.7. The zero-order valence-corrected chi connectivity index (χ0v) is 23.2. The average molecular weight is 580 g/mol. The quantitative estimate of drug-likeness (QED) is 0.423. The molecule has 3 heterocycles. The number of esters is 1. The standard InChI is InChI=1S/C29H33N5O8/c1-40-21-10-5-9-20(15-21)16-24(35)31-32-14-12-25(36)33-13-6-11-23(34(33)29(32)39)27(38)30-22-17-26(37)42-28(22)41-18-19-7-3-2-4-8-19/h2-5,7-10,15,22-23,28H,6,11-14,16-18H2,1H3,(H,30,38)(H,31,35)/t22-,23-,28?/m0/s1. The lowest BCUT2D eigenvalue weighted by Gasteiger charge is -2.43. The topological polar surface area (TPSA) is 147 Å². The first-order chi connectivity index (χ1) is 20.3. The first-order valence-electron chi connectivity index (χ1n) is 13.8. The molecule has 2 aromatic carbocycles. The Labute approximate surface area is 242 Å². The first-order valence-corrected chi connectivity index (χ1v) is 13.8. The Morgan fingerprint density at radius 1 is 1.02 bits per heavy atom. The molecule has 3 saturated heterocycles. The van der Waals surface area contributed by atoms with Crippen molar-refractivity contribution in [3.05, 3.63) is 65.7 Å². The van der Waals surface area contributed by atoms with E-state index < -0.39 is 42.2 Å². The predicted octanol–water partition coefficient (Wildman–Crippen LogP) is 1.28. The molecule has 5 amide bonds. The zero-order chi connectivity index (χ0) is 29.6. The van der Waals surface area contributed by atoms with E-state index in [1.54, 1.807) is 24.3 Å². The van der Waals surface area contributed by atoms with Crippen molar-refractivity contribution < 1.29 is 38.2 Å². The third kappa shape index (κ3) is 6.62. The molecule has 2 N–H and O–H groups in total.